The van der Waals surface area contributed by atoms with Crippen molar-refractivity contribution < 1.29 is 19.0 Å². The summed E-state index contributed by atoms with van der Waals surface area (Å²) in [6.07, 6.45) is 1.37. The summed E-state index contributed by atoms with van der Waals surface area (Å²) in [5.74, 6) is 0.00741. The molecule has 0 unspecified atom stereocenters. The first-order valence-corrected chi connectivity index (χ1v) is 7.90. The van der Waals surface area contributed by atoms with E-state index >= 15 is 0 Å². The predicted molar refractivity (Wildman–Crippen MR) is 94.3 cm³/mol. The van der Waals surface area contributed by atoms with Gasteiger partial charge in [0.25, 0.3) is 0 Å². The van der Waals surface area contributed by atoms with Gasteiger partial charge < -0.3 is 14.2 Å². The van der Waals surface area contributed by atoms with Gasteiger partial charge in [-0.1, -0.05) is 53.5 Å². The molecule has 6 heteroatoms. The van der Waals surface area contributed by atoms with Gasteiger partial charge in [0.05, 0.1) is 18.4 Å². The molecule has 0 heterocycles. The molecule has 0 saturated carbocycles. The Hall–Kier alpha value is -2.17. The SMILES string of the molecule is COC(=O)/C(=C/OCCOc1cc(Cl)ccc1Cl)c1ccccc1. The summed E-state index contributed by atoms with van der Waals surface area (Å²) in [7, 11) is 1.32. The summed E-state index contributed by atoms with van der Waals surface area (Å²) in [4.78, 5) is 11.8. The maximum absolute atomic E-state index is 11.8. The van der Waals surface area contributed by atoms with Crippen molar-refractivity contribution in [2.45, 2.75) is 0 Å². The van der Waals surface area contributed by atoms with Gasteiger partial charge in [-0.3, -0.25) is 0 Å². The van der Waals surface area contributed by atoms with E-state index in [2.05, 4.69) is 0 Å². The third-order valence-corrected chi connectivity index (χ3v) is 3.59. The van der Waals surface area contributed by atoms with Crippen LogP contribution in [-0.2, 0) is 14.3 Å². The average molecular weight is 367 g/mol. The lowest BCUT2D eigenvalue weighted by molar-refractivity contribution is -0.133. The van der Waals surface area contributed by atoms with Crippen molar-refractivity contribution >= 4 is 34.7 Å². The zero-order valence-electron chi connectivity index (χ0n) is 13.0. The van der Waals surface area contributed by atoms with Gasteiger partial charge in [-0.25, -0.2) is 4.79 Å². The van der Waals surface area contributed by atoms with E-state index in [0.29, 0.717) is 26.9 Å². The van der Waals surface area contributed by atoms with E-state index in [9.17, 15) is 4.79 Å². The number of hydrogen-bond donors (Lipinski definition) is 0. The van der Waals surface area contributed by atoms with Crippen molar-refractivity contribution in [3.8, 4) is 5.75 Å². The van der Waals surface area contributed by atoms with E-state index in [4.69, 9.17) is 37.4 Å². The number of esters is 1. The zero-order chi connectivity index (χ0) is 17.4. The molecule has 0 aliphatic rings. The lowest BCUT2D eigenvalue weighted by Crippen LogP contribution is -2.07. The third-order valence-electron chi connectivity index (χ3n) is 3.04. The third kappa shape index (κ3) is 5.18. The van der Waals surface area contributed by atoms with Gasteiger partial charge in [0.15, 0.2) is 0 Å². The minimum atomic E-state index is -0.472. The highest BCUT2D eigenvalue weighted by Crippen LogP contribution is 2.27. The van der Waals surface area contributed by atoms with E-state index in [-0.39, 0.29) is 13.2 Å². The van der Waals surface area contributed by atoms with Gasteiger partial charge >= 0.3 is 5.97 Å². The number of carbonyl (C=O) groups excluding carboxylic acids is 1. The predicted octanol–water partition coefficient (Wildman–Crippen LogP) is 4.60. The summed E-state index contributed by atoms with van der Waals surface area (Å²) >= 11 is 11.9. The highest BCUT2D eigenvalue weighted by molar-refractivity contribution is 6.34. The van der Waals surface area contributed by atoms with E-state index in [1.54, 1.807) is 30.3 Å². The second kappa shape index (κ2) is 9.21. The first-order chi connectivity index (χ1) is 11.6. The molecule has 0 aliphatic carbocycles. The quantitative estimate of drug-likeness (QED) is 0.310. The maximum Gasteiger partial charge on any atom is 0.341 e. The van der Waals surface area contributed by atoms with Crippen LogP contribution in [0, 0.1) is 0 Å². The Labute approximate surface area is 150 Å². The number of benzene rings is 2. The van der Waals surface area contributed by atoms with E-state index in [0.717, 1.165) is 0 Å². The Balaban J connectivity index is 1.93. The molecule has 0 spiro atoms. The van der Waals surface area contributed by atoms with Crippen LogP contribution in [0.1, 0.15) is 5.56 Å². The molecule has 0 N–H and O–H groups in total. The topological polar surface area (TPSA) is 44.8 Å². The van der Waals surface area contributed by atoms with Crippen LogP contribution in [0.25, 0.3) is 5.57 Å². The lowest BCUT2D eigenvalue weighted by atomic mass is 10.1. The molecule has 2 rings (SSSR count). The molecular formula is C18H16Cl2O4. The van der Waals surface area contributed by atoms with Gasteiger partial charge in [0, 0.05) is 11.1 Å². The molecule has 126 valence electrons. The normalized spacial score (nSPS) is 11.0. The zero-order valence-corrected chi connectivity index (χ0v) is 14.5. The molecule has 0 amide bonds. The fourth-order valence-electron chi connectivity index (χ4n) is 1.89. The highest BCUT2D eigenvalue weighted by atomic mass is 35.5. The molecule has 4 nitrogen and oxygen atoms in total. The molecule has 0 fully saturated rings. The molecule has 0 aromatic heterocycles. The van der Waals surface area contributed by atoms with Crippen LogP contribution in [-0.4, -0.2) is 26.3 Å². The van der Waals surface area contributed by atoms with Gasteiger partial charge in [-0.15, -0.1) is 0 Å². The van der Waals surface area contributed by atoms with E-state index in [1.807, 2.05) is 18.2 Å². The minimum absolute atomic E-state index is 0.232. The van der Waals surface area contributed by atoms with Crippen LogP contribution >= 0.6 is 23.2 Å². The standard InChI is InChI=1S/C18H16Cl2O4/c1-22-18(21)15(13-5-3-2-4-6-13)12-23-9-10-24-17-11-14(19)7-8-16(17)20/h2-8,11-12H,9-10H2,1H3/b15-12+. The first-order valence-electron chi connectivity index (χ1n) is 7.15. The smallest absolute Gasteiger partial charge is 0.341 e. The van der Waals surface area contributed by atoms with Crippen LogP contribution in [0.15, 0.2) is 54.8 Å². The number of hydrogen-bond acceptors (Lipinski definition) is 4. The van der Waals surface area contributed by atoms with Gasteiger partial charge in [-0.05, 0) is 17.7 Å². The Morgan fingerprint density at radius 2 is 1.83 bits per heavy atom. The second-order valence-corrected chi connectivity index (χ2v) is 5.53. The molecule has 2 aromatic rings. The van der Waals surface area contributed by atoms with Crippen LogP contribution < -0.4 is 4.74 Å². The van der Waals surface area contributed by atoms with Crippen LogP contribution in [0.2, 0.25) is 10.0 Å². The first kappa shape index (κ1) is 18.2. The maximum atomic E-state index is 11.8. The summed E-state index contributed by atoms with van der Waals surface area (Å²) in [5.41, 5.74) is 1.04. The van der Waals surface area contributed by atoms with Crippen LogP contribution in [0.4, 0.5) is 0 Å². The minimum Gasteiger partial charge on any atom is -0.497 e. The Morgan fingerprint density at radius 3 is 2.54 bits per heavy atom. The highest BCUT2D eigenvalue weighted by Gasteiger charge is 2.12. The van der Waals surface area contributed by atoms with Crippen LogP contribution in [0.5, 0.6) is 5.75 Å². The van der Waals surface area contributed by atoms with Crippen molar-refractivity contribution in [2.24, 2.45) is 0 Å². The Kier molecular flexibility index (Phi) is 6.97. The Morgan fingerprint density at radius 1 is 1.08 bits per heavy atom. The molecule has 0 aliphatic heterocycles. The van der Waals surface area contributed by atoms with E-state index < -0.39 is 5.97 Å². The summed E-state index contributed by atoms with van der Waals surface area (Å²) in [6, 6.07) is 14.1. The second-order valence-electron chi connectivity index (χ2n) is 4.68. The largest absolute Gasteiger partial charge is 0.497 e. The van der Waals surface area contributed by atoms with Crippen molar-refractivity contribution in [1.29, 1.82) is 0 Å². The lowest BCUT2D eigenvalue weighted by Gasteiger charge is -2.09. The van der Waals surface area contributed by atoms with E-state index in [1.165, 1.54) is 13.4 Å². The van der Waals surface area contributed by atoms with Crippen molar-refractivity contribution in [3.63, 3.8) is 0 Å². The fraction of sp³-hybridized carbons (Fsp3) is 0.167. The van der Waals surface area contributed by atoms with Crippen molar-refractivity contribution in [3.05, 3.63) is 70.4 Å². The summed E-state index contributed by atoms with van der Waals surface area (Å²) in [6.45, 7) is 0.482. The Bertz CT molecular complexity index is 714. The fourth-order valence-corrected chi connectivity index (χ4v) is 2.23. The monoisotopic (exact) mass is 366 g/mol. The molecule has 0 radical (unpaired) electrons. The van der Waals surface area contributed by atoms with Gasteiger partial charge in [-0.2, -0.15) is 0 Å². The molecule has 24 heavy (non-hydrogen) atoms. The van der Waals surface area contributed by atoms with Crippen LogP contribution in [0.3, 0.4) is 0 Å². The van der Waals surface area contributed by atoms with Gasteiger partial charge in [0.2, 0.25) is 0 Å². The average Bonchev–Trinajstić information content (AvgIpc) is 2.61. The van der Waals surface area contributed by atoms with Gasteiger partial charge in [0.1, 0.15) is 24.5 Å². The molecule has 2 aromatic carbocycles. The number of carbonyl (C=O) groups is 1. The van der Waals surface area contributed by atoms with Crippen molar-refractivity contribution in [1.82, 2.24) is 0 Å². The molecule has 0 saturated heterocycles. The molecular weight excluding hydrogens is 351 g/mol. The summed E-state index contributed by atoms with van der Waals surface area (Å²) < 4.78 is 15.7. The number of ether oxygens (including phenoxy) is 3. The van der Waals surface area contributed by atoms with Crippen molar-refractivity contribution in [2.75, 3.05) is 20.3 Å². The molecule has 0 atom stereocenters. The number of rotatable bonds is 7. The number of methoxy groups -OCH3 is 1. The molecule has 0 bridgehead atoms. The number of halogens is 2. The summed E-state index contributed by atoms with van der Waals surface area (Å²) in [5, 5.41) is 1.00.